The van der Waals surface area contributed by atoms with Crippen molar-refractivity contribution in [1.82, 2.24) is 14.8 Å². The summed E-state index contributed by atoms with van der Waals surface area (Å²) < 4.78 is 0. The minimum Gasteiger partial charge on any atom is -0.356 e. The normalized spacial score (nSPS) is 21.8. The molecule has 5 heteroatoms. The van der Waals surface area contributed by atoms with Crippen LogP contribution < -0.4 is 0 Å². The molecule has 5 nitrogen and oxygen atoms in total. The van der Waals surface area contributed by atoms with E-state index in [9.17, 15) is 9.59 Å². The van der Waals surface area contributed by atoms with E-state index in [0.717, 1.165) is 34.1 Å². The highest BCUT2D eigenvalue weighted by Crippen LogP contribution is 2.43. The van der Waals surface area contributed by atoms with Crippen molar-refractivity contribution < 1.29 is 9.59 Å². The molecule has 0 aliphatic carbocycles. The van der Waals surface area contributed by atoms with Gasteiger partial charge in [-0.2, -0.15) is 0 Å². The Kier molecular flexibility index (Phi) is 5.07. The molecule has 0 radical (unpaired) electrons. The largest absolute Gasteiger partial charge is 0.356 e. The average molecular weight is 430 g/mol. The van der Waals surface area contributed by atoms with E-state index in [1.54, 1.807) is 4.90 Å². The number of H-pyrrole nitrogens is 1. The Balaban J connectivity index is 1.67. The maximum atomic E-state index is 13.6. The van der Waals surface area contributed by atoms with Gasteiger partial charge in [-0.3, -0.25) is 9.59 Å². The quantitative estimate of drug-likeness (QED) is 0.649. The topological polar surface area (TPSA) is 56.4 Å². The molecule has 1 aromatic heterocycles. The zero-order valence-corrected chi connectivity index (χ0v) is 19.3. The number of aromatic nitrogens is 1. The molecule has 3 atom stereocenters. The van der Waals surface area contributed by atoms with E-state index in [0.29, 0.717) is 12.3 Å². The molecule has 3 heterocycles. The predicted octanol–water partition coefficient (Wildman–Crippen LogP) is 4.77. The summed E-state index contributed by atoms with van der Waals surface area (Å²) >= 11 is 0. The highest BCUT2D eigenvalue weighted by Gasteiger charge is 2.48. The van der Waals surface area contributed by atoms with Crippen LogP contribution in [0.5, 0.6) is 0 Å². The summed E-state index contributed by atoms with van der Waals surface area (Å²) in [5.41, 5.74) is 5.57. The van der Waals surface area contributed by atoms with E-state index in [1.165, 1.54) is 5.56 Å². The number of piperazine rings is 1. The number of nitrogens with one attached hydrogen (secondary N) is 1. The smallest absolute Gasteiger partial charge is 0.246 e. The second-order valence-electron chi connectivity index (χ2n) is 9.53. The Morgan fingerprint density at radius 1 is 1.03 bits per heavy atom. The number of benzene rings is 2. The number of aromatic amines is 1. The monoisotopic (exact) mass is 429 g/mol. The lowest BCUT2D eigenvalue weighted by Gasteiger charge is -2.48. The minimum atomic E-state index is -0.466. The SMILES string of the molecule is CCC(C)N1CC(=O)N2C(c3ccc(C(C)C)cc3)c3[nH]c4ccccc4c3C[C@@H]2C1=O. The highest BCUT2D eigenvalue weighted by molar-refractivity contribution is 5.97. The van der Waals surface area contributed by atoms with Gasteiger partial charge in [-0.15, -0.1) is 0 Å². The van der Waals surface area contributed by atoms with Gasteiger partial charge in [0, 0.05) is 29.1 Å². The van der Waals surface area contributed by atoms with Crippen LogP contribution in [0.3, 0.4) is 0 Å². The van der Waals surface area contributed by atoms with E-state index in [4.69, 9.17) is 0 Å². The number of carbonyl (C=O) groups excluding carboxylic acids is 2. The van der Waals surface area contributed by atoms with Crippen LogP contribution in [-0.4, -0.2) is 45.2 Å². The Morgan fingerprint density at radius 2 is 1.75 bits per heavy atom. The van der Waals surface area contributed by atoms with Crippen molar-refractivity contribution in [2.75, 3.05) is 6.54 Å². The molecule has 32 heavy (non-hydrogen) atoms. The van der Waals surface area contributed by atoms with Crippen LogP contribution >= 0.6 is 0 Å². The summed E-state index contributed by atoms with van der Waals surface area (Å²) in [6, 6.07) is 16.1. The number of carbonyl (C=O) groups is 2. The predicted molar refractivity (Wildman–Crippen MR) is 126 cm³/mol. The summed E-state index contributed by atoms with van der Waals surface area (Å²) in [6.07, 6.45) is 1.39. The Bertz CT molecular complexity index is 1180. The molecule has 0 saturated carbocycles. The van der Waals surface area contributed by atoms with Gasteiger partial charge in [-0.1, -0.05) is 63.2 Å². The fourth-order valence-electron chi connectivity index (χ4n) is 5.29. The third-order valence-electron chi connectivity index (χ3n) is 7.33. The van der Waals surface area contributed by atoms with E-state index < -0.39 is 6.04 Å². The molecule has 0 bridgehead atoms. The standard InChI is InChI=1S/C27H31N3O2/c1-5-17(4)29-15-24(31)30-23(27(29)32)14-21-20-8-6-7-9-22(20)28-25(21)26(30)19-12-10-18(11-13-19)16(2)3/h6-13,16-17,23,26,28H,5,14-15H2,1-4H3/t17?,23-,26?/m1/s1. The van der Waals surface area contributed by atoms with Gasteiger partial charge in [0.15, 0.2) is 0 Å². The molecule has 2 aliphatic heterocycles. The molecule has 2 aromatic carbocycles. The third kappa shape index (κ3) is 3.14. The number of hydrogen-bond donors (Lipinski definition) is 1. The lowest BCUT2D eigenvalue weighted by molar-refractivity contribution is -0.160. The number of fused-ring (bicyclic) bond motifs is 4. The van der Waals surface area contributed by atoms with Gasteiger partial charge in [0.25, 0.3) is 0 Å². The molecule has 0 spiro atoms. The zero-order chi connectivity index (χ0) is 22.6. The third-order valence-corrected chi connectivity index (χ3v) is 7.33. The summed E-state index contributed by atoms with van der Waals surface area (Å²) in [6.45, 7) is 8.60. The van der Waals surface area contributed by atoms with Crippen LogP contribution in [0.4, 0.5) is 0 Å². The first kappa shape index (κ1) is 20.8. The van der Waals surface area contributed by atoms with E-state index >= 15 is 0 Å². The van der Waals surface area contributed by atoms with Crippen LogP contribution in [0.2, 0.25) is 0 Å². The van der Waals surface area contributed by atoms with Crippen molar-refractivity contribution in [1.29, 1.82) is 0 Å². The molecule has 1 fully saturated rings. The maximum absolute atomic E-state index is 13.6. The van der Waals surface area contributed by atoms with E-state index in [-0.39, 0.29) is 30.4 Å². The first-order valence-electron chi connectivity index (χ1n) is 11.7. The molecule has 2 amide bonds. The molecule has 1 N–H and O–H groups in total. The maximum Gasteiger partial charge on any atom is 0.246 e. The molecular weight excluding hydrogens is 398 g/mol. The van der Waals surface area contributed by atoms with Crippen molar-refractivity contribution in [3.05, 3.63) is 70.9 Å². The van der Waals surface area contributed by atoms with Crippen molar-refractivity contribution >= 4 is 22.7 Å². The first-order chi connectivity index (χ1) is 15.4. The molecule has 166 valence electrons. The van der Waals surface area contributed by atoms with Crippen LogP contribution in [-0.2, 0) is 16.0 Å². The fourth-order valence-corrected chi connectivity index (χ4v) is 5.29. The summed E-state index contributed by atoms with van der Waals surface area (Å²) in [7, 11) is 0. The highest BCUT2D eigenvalue weighted by atomic mass is 16.2. The molecule has 2 unspecified atom stereocenters. The molecule has 1 saturated heterocycles. The molecule has 5 rings (SSSR count). The number of hydrogen-bond acceptors (Lipinski definition) is 2. The van der Waals surface area contributed by atoms with Crippen LogP contribution in [0.25, 0.3) is 10.9 Å². The van der Waals surface area contributed by atoms with Crippen LogP contribution in [0.15, 0.2) is 48.5 Å². The molecule has 2 aliphatic rings. The van der Waals surface area contributed by atoms with Crippen molar-refractivity contribution in [3.8, 4) is 0 Å². The van der Waals surface area contributed by atoms with Gasteiger partial charge in [0.05, 0.1) is 6.04 Å². The number of amides is 2. The van der Waals surface area contributed by atoms with Gasteiger partial charge in [-0.25, -0.2) is 0 Å². The van der Waals surface area contributed by atoms with Gasteiger partial charge >= 0.3 is 0 Å². The minimum absolute atomic E-state index is 0.0251. The summed E-state index contributed by atoms with van der Waals surface area (Å²) in [4.78, 5) is 34.3. The molecule has 3 aromatic rings. The van der Waals surface area contributed by atoms with Crippen molar-refractivity contribution in [2.45, 2.75) is 64.6 Å². The fraction of sp³-hybridized carbons (Fsp3) is 0.407. The van der Waals surface area contributed by atoms with Gasteiger partial charge in [-0.05, 0) is 42.0 Å². The van der Waals surface area contributed by atoms with Crippen LogP contribution in [0.1, 0.15) is 68.5 Å². The number of rotatable bonds is 4. The lowest BCUT2D eigenvalue weighted by Crippen LogP contribution is -2.64. The zero-order valence-electron chi connectivity index (χ0n) is 19.3. The molecular formula is C27H31N3O2. The van der Waals surface area contributed by atoms with Gasteiger partial charge < -0.3 is 14.8 Å². The summed E-state index contributed by atoms with van der Waals surface area (Å²) in [5, 5.41) is 1.15. The summed E-state index contributed by atoms with van der Waals surface area (Å²) in [5.74, 6) is 0.532. The second-order valence-corrected chi connectivity index (χ2v) is 9.53. The Labute approximate surface area is 189 Å². The average Bonchev–Trinajstić information content (AvgIpc) is 3.18. The van der Waals surface area contributed by atoms with Crippen molar-refractivity contribution in [3.63, 3.8) is 0 Å². The van der Waals surface area contributed by atoms with Gasteiger partial charge in [0.1, 0.15) is 12.6 Å². The Morgan fingerprint density at radius 3 is 2.44 bits per heavy atom. The van der Waals surface area contributed by atoms with Gasteiger partial charge in [0.2, 0.25) is 11.8 Å². The van der Waals surface area contributed by atoms with E-state index in [1.807, 2.05) is 24.0 Å². The lowest BCUT2D eigenvalue weighted by atomic mass is 9.85. The Hall–Kier alpha value is -3.08. The van der Waals surface area contributed by atoms with Crippen molar-refractivity contribution in [2.24, 2.45) is 0 Å². The second kappa shape index (κ2) is 7.80. The number of para-hydroxylation sites is 1. The van der Waals surface area contributed by atoms with Crippen LogP contribution in [0, 0.1) is 0 Å². The first-order valence-corrected chi connectivity index (χ1v) is 11.7. The van der Waals surface area contributed by atoms with E-state index in [2.05, 4.69) is 62.2 Å². The number of nitrogens with zero attached hydrogens (tertiary/aromatic N) is 2.